The molecule has 1 N–H and O–H groups in total. The molecule has 2 aliphatic rings. The van der Waals surface area contributed by atoms with Crippen molar-refractivity contribution in [3.05, 3.63) is 0 Å². The predicted molar refractivity (Wildman–Crippen MR) is 76.6 cm³/mol. The van der Waals surface area contributed by atoms with Crippen LogP contribution in [-0.2, 0) is 4.79 Å². The van der Waals surface area contributed by atoms with Crippen LogP contribution >= 0.6 is 23.5 Å². The Morgan fingerprint density at radius 2 is 2.35 bits per heavy atom. The molecule has 3 nitrogen and oxygen atoms in total. The number of nitrogens with zero attached hydrogens (tertiary/aromatic N) is 1. The number of amides is 1. The molecular weight excluding hydrogens is 252 g/mol. The Balaban J connectivity index is 1.83. The van der Waals surface area contributed by atoms with E-state index in [0.29, 0.717) is 11.9 Å². The minimum absolute atomic E-state index is 0.0582. The second kappa shape index (κ2) is 6.34. The zero-order valence-corrected chi connectivity index (χ0v) is 12.3. The van der Waals surface area contributed by atoms with Gasteiger partial charge in [-0.1, -0.05) is 6.92 Å². The van der Waals surface area contributed by atoms with Gasteiger partial charge in [0.25, 0.3) is 0 Å². The Morgan fingerprint density at radius 3 is 3.00 bits per heavy atom. The summed E-state index contributed by atoms with van der Waals surface area (Å²) >= 11 is 3.86. The predicted octanol–water partition coefficient (Wildman–Crippen LogP) is 1.78. The van der Waals surface area contributed by atoms with Crippen molar-refractivity contribution in [1.29, 1.82) is 0 Å². The van der Waals surface area contributed by atoms with Crippen LogP contribution in [0.5, 0.6) is 0 Å². The lowest BCUT2D eigenvalue weighted by molar-refractivity contribution is -0.133. The summed E-state index contributed by atoms with van der Waals surface area (Å²) in [4.78, 5) is 14.2. The first-order valence-corrected chi connectivity index (χ1v) is 8.62. The average molecular weight is 274 g/mol. The van der Waals surface area contributed by atoms with Crippen molar-refractivity contribution in [2.45, 2.75) is 43.5 Å². The molecule has 98 valence electrons. The van der Waals surface area contributed by atoms with Gasteiger partial charge in [0, 0.05) is 30.0 Å². The number of rotatable bonds is 4. The molecule has 1 amide bonds. The Bertz CT molecular complexity index is 269. The second-order valence-electron chi connectivity index (χ2n) is 4.77. The molecule has 2 fully saturated rings. The van der Waals surface area contributed by atoms with Crippen LogP contribution in [0.4, 0.5) is 0 Å². The molecule has 1 saturated carbocycles. The Labute approximate surface area is 112 Å². The van der Waals surface area contributed by atoms with Crippen molar-refractivity contribution in [3.63, 3.8) is 0 Å². The lowest BCUT2D eigenvalue weighted by atomic mass is 10.2. The highest BCUT2D eigenvalue weighted by Gasteiger charge is 2.33. The first-order chi connectivity index (χ1) is 8.22. The number of nitrogens with one attached hydrogen (secondary N) is 1. The van der Waals surface area contributed by atoms with Crippen LogP contribution in [0, 0.1) is 0 Å². The maximum atomic E-state index is 12.2. The first kappa shape index (κ1) is 13.6. The van der Waals surface area contributed by atoms with Crippen molar-refractivity contribution >= 4 is 29.4 Å². The van der Waals surface area contributed by atoms with E-state index >= 15 is 0 Å². The van der Waals surface area contributed by atoms with Gasteiger partial charge in [-0.25, -0.2) is 0 Å². The molecule has 0 unspecified atom stereocenters. The van der Waals surface area contributed by atoms with Gasteiger partial charge in [0.05, 0.1) is 6.04 Å². The quantitative estimate of drug-likeness (QED) is 0.847. The van der Waals surface area contributed by atoms with Crippen molar-refractivity contribution in [3.8, 4) is 0 Å². The molecule has 0 radical (unpaired) electrons. The first-order valence-electron chi connectivity index (χ1n) is 6.41. The van der Waals surface area contributed by atoms with E-state index in [1.807, 2.05) is 35.5 Å². The number of hydrogen-bond donors (Lipinski definition) is 1. The number of thioether (sulfide) groups is 2. The number of likely N-dealkylation sites (N-methyl/N-ethyl adjacent to an activating group) is 1. The normalized spacial score (nSPS) is 32.9. The lowest BCUT2D eigenvalue weighted by Crippen LogP contribution is -2.46. The highest BCUT2D eigenvalue weighted by atomic mass is 32.2. The standard InChI is InChI=1S/C12H22N2OS2/c1-3-17-10-5-4-9(6-10)14(2)12(15)11-7-16-8-13-11/h9-11,13H,3-8H2,1-2H3/t9-,10+,11-/m0/s1. The fraction of sp³-hybridized carbons (Fsp3) is 0.917. The second-order valence-corrected chi connectivity index (χ2v) is 7.37. The molecule has 1 heterocycles. The molecule has 0 spiro atoms. The molecule has 1 saturated heterocycles. The van der Waals surface area contributed by atoms with Gasteiger partial charge in [0.2, 0.25) is 5.91 Å². The van der Waals surface area contributed by atoms with Crippen LogP contribution in [0.25, 0.3) is 0 Å². The highest BCUT2D eigenvalue weighted by molar-refractivity contribution is 8.00. The molecule has 1 aliphatic carbocycles. The zero-order valence-electron chi connectivity index (χ0n) is 10.6. The SMILES string of the molecule is CCS[C@@H]1CC[C@H](N(C)C(=O)[C@@H]2CSCN2)C1. The van der Waals surface area contributed by atoms with Crippen molar-refractivity contribution in [2.24, 2.45) is 0 Å². The molecule has 0 aromatic carbocycles. The number of carbonyl (C=O) groups excluding carboxylic acids is 1. The van der Waals surface area contributed by atoms with Crippen molar-refractivity contribution in [1.82, 2.24) is 10.2 Å². The smallest absolute Gasteiger partial charge is 0.240 e. The van der Waals surface area contributed by atoms with E-state index in [1.54, 1.807) is 0 Å². The van der Waals surface area contributed by atoms with Crippen LogP contribution < -0.4 is 5.32 Å². The van der Waals surface area contributed by atoms with E-state index in [9.17, 15) is 4.79 Å². The third-order valence-electron chi connectivity index (χ3n) is 3.67. The van der Waals surface area contributed by atoms with Crippen LogP contribution in [0.2, 0.25) is 0 Å². The Hall–Kier alpha value is 0.130. The van der Waals surface area contributed by atoms with Gasteiger partial charge in [-0.2, -0.15) is 11.8 Å². The monoisotopic (exact) mass is 274 g/mol. The van der Waals surface area contributed by atoms with Crippen LogP contribution in [0.3, 0.4) is 0 Å². The van der Waals surface area contributed by atoms with Crippen molar-refractivity contribution in [2.75, 3.05) is 24.4 Å². The van der Waals surface area contributed by atoms with Crippen LogP contribution in [0.15, 0.2) is 0 Å². The van der Waals surface area contributed by atoms with Gasteiger partial charge in [-0.3, -0.25) is 10.1 Å². The fourth-order valence-electron chi connectivity index (χ4n) is 2.64. The maximum Gasteiger partial charge on any atom is 0.240 e. The van der Waals surface area contributed by atoms with Gasteiger partial charge < -0.3 is 4.90 Å². The number of hydrogen-bond acceptors (Lipinski definition) is 4. The molecule has 3 atom stereocenters. The molecule has 2 rings (SSSR count). The molecule has 5 heteroatoms. The molecule has 0 aromatic rings. The van der Waals surface area contributed by atoms with Gasteiger partial charge in [-0.05, 0) is 25.0 Å². The third kappa shape index (κ3) is 3.32. The summed E-state index contributed by atoms with van der Waals surface area (Å²) in [5.74, 6) is 3.34. The summed E-state index contributed by atoms with van der Waals surface area (Å²) < 4.78 is 0. The highest BCUT2D eigenvalue weighted by Crippen LogP contribution is 2.32. The summed E-state index contributed by atoms with van der Waals surface area (Å²) in [6.45, 7) is 2.21. The van der Waals surface area contributed by atoms with E-state index < -0.39 is 0 Å². The minimum Gasteiger partial charge on any atom is -0.341 e. The Kier molecular flexibility index (Phi) is 5.06. The van der Waals surface area contributed by atoms with Gasteiger partial charge in [0.1, 0.15) is 0 Å². The largest absolute Gasteiger partial charge is 0.341 e. The minimum atomic E-state index is 0.0582. The third-order valence-corrected chi connectivity index (χ3v) is 5.84. The molecule has 1 aliphatic heterocycles. The molecular formula is C12H22N2OS2. The van der Waals surface area contributed by atoms with Gasteiger partial charge in [-0.15, -0.1) is 11.8 Å². The summed E-state index contributed by atoms with van der Waals surface area (Å²) in [7, 11) is 1.98. The van der Waals surface area contributed by atoms with Gasteiger partial charge >= 0.3 is 0 Å². The zero-order chi connectivity index (χ0) is 12.3. The van der Waals surface area contributed by atoms with E-state index in [0.717, 1.165) is 16.9 Å². The van der Waals surface area contributed by atoms with E-state index in [-0.39, 0.29) is 6.04 Å². The fourth-order valence-corrected chi connectivity index (χ4v) is 4.70. The summed E-state index contributed by atoms with van der Waals surface area (Å²) in [6.07, 6.45) is 3.63. The maximum absolute atomic E-state index is 12.2. The van der Waals surface area contributed by atoms with E-state index in [4.69, 9.17) is 0 Å². The average Bonchev–Trinajstić information content (AvgIpc) is 2.98. The van der Waals surface area contributed by atoms with E-state index in [2.05, 4.69) is 12.2 Å². The Morgan fingerprint density at radius 1 is 1.53 bits per heavy atom. The topological polar surface area (TPSA) is 32.3 Å². The molecule has 0 aromatic heterocycles. The van der Waals surface area contributed by atoms with Crippen LogP contribution in [0.1, 0.15) is 26.2 Å². The molecule has 17 heavy (non-hydrogen) atoms. The lowest BCUT2D eigenvalue weighted by Gasteiger charge is -2.27. The number of carbonyl (C=O) groups is 1. The summed E-state index contributed by atoms with van der Waals surface area (Å²) in [5, 5.41) is 4.03. The summed E-state index contributed by atoms with van der Waals surface area (Å²) in [5.41, 5.74) is 0. The van der Waals surface area contributed by atoms with E-state index in [1.165, 1.54) is 25.0 Å². The van der Waals surface area contributed by atoms with Gasteiger partial charge in [0.15, 0.2) is 0 Å². The molecule has 0 bridgehead atoms. The van der Waals surface area contributed by atoms with Crippen LogP contribution in [-0.4, -0.2) is 52.6 Å². The summed E-state index contributed by atoms with van der Waals surface area (Å²) in [6, 6.07) is 0.529. The van der Waals surface area contributed by atoms with Crippen molar-refractivity contribution < 1.29 is 4.79 Å².